The molecular weight excluding hydrogens is 400 g/mol. The number of aromatic nitrogens is 1. The van der Waals surface area contributed by atoms with Gasteiger partial charge in [-0.3, -0.25) is 4.79 Å². The quantitative estimate of drug-likeness (QED) is 0.646. The van der Waals surface area contributed by atoms with Crippen LogP contribution < -0.4 is 16.0 Å². The Morgan fingerprint density at radius 1 is 1.21 bits per heavy atom. The van der Waals surface area contributed by atoms with E-state index in [1.54, 1.807) is 11.3 Å². The molecule has 2 aromatic heterocycles. The van der Waals surface area contributed by atoms with E-state index in [1.807, 2.05) is 6.92 Å². The summed E-state index contributed by atoms with van der Waals surface area (Å²) < 4.78 is 0.942. The van der Waals surface area contributed by atoms with E-state index in [4.69, 9.17) is 5.73 Å². The third kappa shape index (κ3) is 3.62. The Kier molecular flexibility index (Phi) is 4.95. The van der Waals surface area contributed by atoms with Crippen molar-refractivity contribution in [2.75, 3.05) is 23.7 Å². The number of anilines is 2. The molecule has 1 aromatic carbocycles. The first-order chi connectivity index (χ1) is 14.1. The highest BCUT2D eigenvalue weighted by atomic mass is 32.1. The Morgan fingerprint density at radius 3 is 2.83 bits per heavy atom. The van der Waals surface area contributed by atoms with Gasteiger partial charge in [-0.15, -0.1) is 22.7 Å². The van der Waals surface area contributed by atoms with Crippen molar-refractivity contribution in [3.05, 3.63) is 39.2 Å². The number of rotatable bonds is 3. The molecule has 1 fully saturated rings. The Hall–Kier alpha value is -2.12. The molecule has 0 radical (unpaired) electrons. The Bertz CT molecular complexity index is 1060. The lowest BCUT2D eigenvalue weighted by atomic mass is 9.87. The zero-order valence-corrected chi connectivity index (χ0v) is 18.3. The van der Waals surface area contributed by atoms with Crippen LogP contribution in [0.5, 0.6) is 0 Å². The number of hydrogen-bond acceptors (Lipinski definition) is 6. The average molecular weight is 427 g/mol. The SMILES string of the molecule is Cc1nc2sc(C(=O)N[C@@H]3CCc4cc(N5CCCCC5)ccc4C3)c(N)c2s1. The molecule has 152 valence electrons. The molecule has 3 heterocycles. The van der Waals surface area contributed by atoms with Crippen LogP contribution in [-0.4, -0.2) is 30.0 Å². The number of amides is 1. The zero-order valence-electron chi connectivity index (χ0n) is 16.7. The first-order valence-corrected chi connectivity index (χ1v) is 12.0. The van der Waals surface area contributed by atoms with Crippen LogP contribution in [0.3, 0.4) is 0 Å². The molecule has 0 spiro atoms. The minimum absolute atomic E-state index is 0.0614. The molecule has 7 heteroatoms. The minimum atomic E-state index is -0.0614. The normalized spacial score (nSPS) is 19.3. The lowest BCUT2D eigenvalue weighted by molar-refractivity contribution is 0.0938. The largest absolute Gasteiger partial charge is 0.396 e. The predicted octanol–water partition coefficient (Wildman–Crippen LogP) is 4.53. The lowest BCUT2D eigenvalue weighted by Gasteiger charge is -2.31. The molecule has 3 aromatic rings. The number of thiazole rings is 1. The van der Waals surface area contributed by atoms with Crippen LogP contribution in [0, 0.1) is 6.92 Å². The van der Waals surface area contributed by atoms with Gasteiger partial charge in [0.05, 0.1) is 15.4 Å². The van der Waals surface area contributed by atoms with Crippen LogP contribution in [-0.2, 0) is 12.8 Å². The maximum Gasteiger partial charge on any atom is 0.263 e. The van der Waals surface area contributed by atoms with Gasteiger partial charge in [-0.2, -0.15) is 0 Å². The molecule has 29 heavy (non-hydrogen) atoms. The molecule has 2 aliphatic rings. The number of nitrogens with zero attached hydrogens (tertiary/aromatic N) is 2. The molecular formula is C22H26N4OS2. The summed E-state index contributed by atoms with van der Waals surface area (Å²) in [6, 6.07) is 7.05. The summed E-state index contributed by atoms with van der Waals surface area (Å²) in [4.78, 5) is 21.3. The predicted molar refractivity (Wildman–Crippen MR) is 122 cm³/mol. The van der Waals surface area contributed by atoms with Crippen LogP contribution in [0.4, 0.5) is 11.4 Å². The number of aryl methyl sites for hydroxylation is 2. The summed E-state index contributed by atoms with van der Waals surface area (Å²) in [5.41, 5.74) is 11.0. The molecule has 5 rings (SSSR count). The van der Waals surface area contributed by atoms with Crippen LogP contribution >= 0.6 is 22.7 Å². The van der Waals surface area contributed by atoms with Crippen molar-refractivity contribution in [3.8, 4) is 0 Å². The molecule has 1 amide bonds. The van der Waals surface area contributed by atoms with E-state index in [1.165, 1.54) is 60.5 Å². The summed E-state index contributed by atoms with van der Waals surface area (Å²) in [6.45, 7) is 4.31. The van der Waals surface area contributed by atoms with Gasteiger partial charge in [0, 0.05) is 24.8 Å². The van der Waals surface area contributed by atoms with Gasteiger partial charge in [0.2, 0.25) is 0 Å². The van der Waals surface area contributed by atoms with Gasteiger partial charge in [-0.05, 0) is 68.7 Å². The van der Waals surface area contributed by atoms with Crippen molar-refractivity contribution in [2.45, 2.75) is 51.5 Å². The number of nitrogen functional groups attached to an aromatic ring is 1. The van der Waals surface area contributed by atoms with Crippen molar-refractivity contribution in [2.24, 2.45) is 0 Å². The van der Waals surface area contributed by atoms with E-state index < -0.39 is 0 Å². The maximum absolute atomic E-state index is 12.8. The van der Waals surface area contributed by atoms with Gasteiger partial charge in [-0.25, -0.2) is 4.98 Å². The number of carbonyl (C=O) groups is 1. The smallest absolute Gasteiger partial charge is 0.263 e. The van der Waals surface area contributed by atoms with E-state index in [-0.39, 0.29) is 11.9 Å². The highest BCUT2D eigenvalue weighted by Gasteiger charge is 2.25. The average Bonchev–Trinajstić information content (AvgIpc) is 3.25. The fraction of sp³-hybridized carbons (Fsp3) is 0.455. The standard InChI is InChI=1S/C22H26N4OS2/c1-13-24-22-20(28-13)18(23)19(29-22)21(27)25-16-7-5-15-12-17(8-6-14(15)11-16)26-9-3-2-4-10-26/h6,8,12,16H,2-5,7,9-11,23H2,1H3,(H,25,27)/t16-/m1/s1. The van der Waals surface area contributed by atoms with Crippen LogP contribution in [0.2, 0.25) is 0 Å². The van der Waals surface area contributed by atoms with E-state index in [9.17, 15) is 4.79 Å². The number of piperidine rings is 1. The molecule has 5 nitrogen and oxygen atoms in total. The number of benzene rings is 1. The molecule has 3 N–H and O–H groups in total. The van der Waals surface area contributed by atoms with E-state index in [2.05, 4.69) is 33.4 Å². The summed E-state index contributed by atoms with van der Waals surface area (Å²) in [7, 11) is 0. The highest BCUT2D eigenvalue weighted by molar-refractivity contribution is 7.29. The third-order valence-electron chi connectivity index (χ3n) is 6.07. The van der Waals surface area contributed by atoms with Crippen molar-refractivity contribution < 1.29 is 4.79 Å². The molecule has 1 saturated heterocycles. The fourth-order valence-corrected chi connectivity index (χ4v) is 6.63. The summed E-state index contributed by atoms with van der Waals surface area (Å²) in [5, 5.41) is 4.20. The molecule has 0 saturated carbocycles. The number of nitrogens with two attached hydrogens (primary N) is 1. The molecule has 0 unspecified atom stereocenters. The minimum Gasteiger partial charge on any atom is -0.396 e. The molecule has 0 bridgehead atoms. The van der Waals surface area contributed by atoms with Gasteiger partial charge < -0.3 is 16.0 Å². The van der Waals surface area contributed by atoms with Gasteiger partial charge >= 0.3 is 0 Å². The summed E-state index contributed by atoms with van der Waals surface area (Å²) in [6.07, 6.45) is 6.81. The zero-order chi connectivity index (χ0) is 20.0. The van der Waals surface area contributed by atoms with Crippen LogP contribution in [0.1, 0.15) is 51.5 Å². The third-order valence-corrected chi connectivity index (χ3v) is 8.30. The maximum atomic E-state index is 12.8. The van der Waals surface area contributed by atoms with Gasteiger partial charge in [0.15, 0.2) is 0 Å². The second-order valence-electron chi connectivity index (χ2n) is 8.13. The molecule has 1 aliphatic carbocycles. The van der Waals surface area contributed by atoms with E-state index in [0.717, 1.165) is 33.8 Å². The van der Waals surface area contributed by atoms with Gasteiger partial charge in [0.1, 0.15) is 9.71 Å². The van der Waals surface area contributed by atoms with Crippen LogP contribution in [0.15, 0.2) is 18.2 Å². The summed E-state index contributed by atoms with van der Waals surface area (Å²) >= 11 is 2.96. The molecule has 1 aliphatic heterocycles. The number of carbonyl (C=O) groups excluding carboxylic acids is 1. The van der Waals surface area contributed by atoms with Crippen molar-refractivity contribution in [1.82, 2.24) is 10.3 Å². The topological polar surface area (TPSA) is 71.2 Å². The van der Waals surface area contributed by atoms with Crippen molar-refractivity contribution in [3.63, 3.8) is 0 Å². The molecule has 1 atom stereocenters. The Morgan fingerprint density at radius 2 is 2.03 bits per heavy atom. The number of thiophene rings is 1. The second-order valence-corrected chi connectivity index (χ2v) is 10.3. The first kappa shape index (κ1) is 18.9. The number of fused-ring (bicyclic) bond motifs is 2. The summed E-state index contributed by atoms with van der Waals surface area (Å²) in [5.74, 6) is -0.0614. The Balaban J connectivity index is 1.28. The van der Waals surface area contributed by atoms with Crippen LogP contribution in [0.25, 0.3) is 9.53 Å². The van der Waals surface area contributed by atoms with Gasteiger partial charge in [-0.1, -0.05) is 6.07 Å². The number of hydrogen-bond donors (Lipinski definition) is 2. The van der Waals surface area contributed by atoms with Gasteiger partial charge in [0.25, 0.3) is 5.91 Å². The second kappa shape index (κ2) is 7.61. The number of nitrogens with one attached hydrogen (secondary N) is 1. The lowest BCUT2D eigenvalue weighted by Crippen LogP contribution is -2.38. The van der Waals surface area contributed by atoms with E-state index >= 15 is 0 Å². The Labute approximate surface area is 178 Å². The first-order valence-electron chi connectivity index (χ1n) is 10.4. The van der Waals surface area contributed by atoms with Crippen molar-refractivity contribution in [1.29, 1.82) is 0 Å². The highest BCUT2D eigenvalue weighted by Crippen LogP contribution is 2.37. The van der Waals surface area contributed by atoms with Crippen molar-refractivity contribution >= 4 is 49.5 Å². The monoisotopic (exact) mass is 426 g/mol. The van der Waals surface area contributed by atoms with E-state index in [0.29, 0.717) is 10.6 Å². The fourth-order valence-electron chi connectivity index (χ4n) is 4.54.